The molecule has 0 atom stereocenters. The lowest BCUT2D eigenvalue weighted by molar-refractivity contribution is 0.656. The highest BCUT2D eigenvalue weighted by molar-refractivity contribution is 7.18. The molecule has 0 amide bonds. The van der Waals surface area contributed by atoms with Crippen molar-refractivity contribution in [2.45, 2.75) is 26.9 Å². The standard InChI is InChI=1S/C14H16N4S/c1-9-11(7-15)10(2)18(17-9)8-14-16-12-5-3-4-6-13(12)19-14/h3-6H,7-8,15H2,1-2H3. The molecule has 2 N–H and O–H groups in total. The van der Waals surface area contributed by atoms with Crippen molar-refractivity contribution in [1.29, 1.82) is 0 Å². The van der Waals surface area contributed by atoms with E-state index in [0.717, 1.165) is 27.5 Å². The Hall–Kier alpha value is -1.72. The van der Waals surface area contributed by atoms with Crippen LogP contribution in [0.3, 0.4) is 0 Å². The number of hydrogen-bond acceptors (Lipinski definition) is 4. The first kappa shape index (κ1) is 12.3. The molecule has 0 saturated heterocycles. The Balaban J connectivity index is 1.96. The molecular weight excluding hydrogens is 256 g/mol. The van der Waals surface area contributed by atoms with Crippen molar-refractivity contribution in [3.8, 4) is 0 Å². The number of aryl methyl sites for hydroxylation is 1. The van der Waals surface area contributed by atoms with E-state index in [1.807, 2.05) is 29.8 Å². The molecule has 0 radical (unpaired) electrons. The first-order valence-electron chi connectivity index (χ1n) is 6.26. The summed E-state index contributed by atoms with van der Waals surface area (Å²) in [7, 11) is 0. The smallest absolute Gasteiger partial charge is 0.115 e. The van der Waals surface area contributed by atoms with Crippen LogP contribution in [0.5, 0.6) is 0 Å². The Morgan fingerprint density at radius 2 is 2.05 bits per heavy atom. The topological polar surface area (TPSA) is 56.7 Å². The second-order valence-corrected chi connectivity index (χ2v) is 5.70. The number of nitrogens with zero attached hydrogens (tertiary/aromatic N) is 3. The predicted octanol–water partition coefficient (Wildman–Crippen LogP) is 2.62. The van der Waals surface area contributed by atoms with Crippen LogP contribution in [0, 0.1) is 13.8 Å². The second-order valence-electron chi connectivity index (χ2n) is 4.59. The van der Waals surface area contributed by atoms with Gasteiger partial charge >= 0.3 is 0 Å². The van der Waals surface area contributed by atoms with Crippen molar-refractivity contribution in [2.75, 3.05) is 0 Å². The minimum absolute atomic E-state index is 0.539. The van der Waals surface area contributed by atoms with Crippen molar-refractivity contribution in [3.63, 3.8) is 0 Å². The lowest BCUT2D eigenvalue weighted by atomic mass is 10.2. The predicted molar refractivity (Wildman–Crippen MR) is 78.3 cm³/mol. The molecule has 5 heteroatoms. The van der Waals surface area contributed by atoms with Crippen molar-refractivity contribution in [3.05, 3.63) is 46.2 Å². The summed E-state index contributed by atoms with van der Waals surface area (Å²) in [6.07, 6.45) is 0. The average molecular weight is 272 g/mol. The van der Waals surface area contributed by atoms with E-state index in [1.165, 1.54) is 4.70 Å². The first-order chi connectivity index (χ1) is 9.19. The second kappa shape index (κ2) is 4.75. The molecule has 0 aliphatic carbocycles. The molecule has 19 heavy (non-hydrogen) atoms. The highest BCUT2D eigenvalue weighted by Gasteiger charge is 2.12. The zero-order chi connectivity index (χ0) is 13.4. The van der Waals surface area contributed by atoms with Gasteiger partial charge < -0.3 is 5.73 Å². The van der Waals surface area contributed by atoms with Crippen LogP contribution in [0.25, 0.3) is 10.2 Å². The fraction of sp³-hybridized carbons (Fsp3) is 0.286. The van der Waals surface area contributed by atoms with Crippen LogP contribution >= 0.6 is 11.3 Å². The van der Waals surface area contributed by atoms with Gasteiger partial charge in [0.25, 0.3) is 0 Å². The summed E-state index contributed by atoms with van der Waals surface area (Å²) in [6.45, 7) is 5.32. The minimum Gasteiger partial charge on any atom is -0.326 e. The molecule has 2 heterocycles. The molecule has 1 aromatic carbocycles. The maximum Gasteiger partial charge on any atom is 0.115 e. The van der Waals surface area contributed by atoms with Gasteiger partial charge in [-0.2, -0.15) is 5.10 Å². The SMILES string of the molecule is Cc1nn(Cc2nc3ccccc3s2)c(C)c1CN. The van der Waals surface area contributed by atoms with Crippen LogP contribution in [0.1, 0.15) is 22.0 Å². The summed E-state index contributed by atoms with van der Waals surface area (Å²) in [5.74, 6) is 0. The molecular formula is C14H16N4S. The van der Waals surface area contributed by atoms with Gasteiger partial charge in [-0.25, -0.2) is 4.98 Å². The Kier molecular flexibility index (Phi) is 3.08. The van der Waals surface area contributed by atoms with Crippen LogP contribution in [0.4, 0.5) is 0 Å². The van der Waals surface area contributed by atoms with Gasteiger partial charge in [-0.1, -0.05) is 12.1 Å². The zero-order valence-electron chi connectivity index (χ0n) is 11.1. The Morgan fingerprint density at radius 1 is 1.26 bits per heavy atom. The first-order valence-corrected chi connectivity index (χ1v) is 7.08. The van der Waals surface area contributed by atoms with Gasteiger partial charge in [0.2, 0.25) is 0 Å². The zero-order valence-corrected chi connectivity index (χ0v) is 11.9. The lowest BCUT2D eigenvalue weighted by Crippen LogP contribution is -2.05. The van der Waals surface area contributed by atoms with Crippen LogP contribution in [-0.2, 0) is 13.1 Å². The van der Waals surface area contributed by atoms with E-state index >= 15 is 0 Å². The van der Waals surface area contributed by atoms with Gasteiger partial charge in [-0.3, -0.25) is 4.68 Å². The van der Waals surface area contributed by atoms with Gasteiger partial charge in [0.15, 0.2) is 0 Å². The number of fused-ring (bicyclic) bond motifs is 1. The summed E-state index contributed by atoms with van der Waals surface area (Å²) < 4.78 is 3.22. The van der Waals surface area contributed by atoms with E-state index in [-0.39, 0.29) is 0 Å². The molecule has 2 aromatic heterocycles. The number of thiazole rings is 1. The summed E-state index contributed by atoms with van der Waals surface area (Å²) in [6, 6.07) is 8.20. The number of para-hydroxylation sites is 1. The third-order valence-electron chi connectivity index (χ3n) is 3.36. The van der Waals surface area contributed by atoms with Crippen molar-refractivity contribution < 1.29 is 0 Å². The third kappa shape index (κ3) is 2.15. The molecule has 0 bridgehead atoms. The van der Waals surface area contributed by atoms with Gasteiger partial charge in [-0.15, -0.1) is 11.3 Å². The van der Waals surface area contributed by atoms with E-state index in [1.54, 1.807) is 11.3 Å². The van der Waals surface area contributed by atoms with E-state index < -0.39 is 0 Å². The van der Waals surface area contributed by atoms with E-state index in [2.05, 4.69) is 23.1 Å². The number of rotatable bonds is 3. The minimum atomic E-state index is 0.539. The normalized spacial score (nSPS) is 11.3. The maximum absolute atomic E-state index is 5.75. The van der Waals surface area contributed by atoms with Crippen LogP contribution < -0.4 is 5.73 Å². The van der Waals surface area contributed by atoms with Gasteiger partial charge in [0.1, 0.15) is 5.01 Å². The van der Waals surface area contributed by atoms with E-state index in [4.69, 9.17) is 5.73 Å². The third-order valence-corrected chi connectivity index (χ3v) is 4.38. The van der Waals surface area contributed by atoms with Crippen molar-refractivity contribution in [1.82, 2.24) is 14.8 Å². The van der Waals surface area contributed by atoms with E-state index in [9.17, 15) is 0 Å². The van der Waals surface area contributed by atoms with Crippen molar-refractivity contribution in [2.24, 2.45) is 5.73 Å². The number of hydrogen-bond donors (Lipinski definition) is 1. The van der Waals surface area contributed by atoms with Gasteiger partial charge in [0, 0.05) is 17.8 Å². The van der Waals surface area contributed by atoms with Gasteiger partial charge in [0.05, 0.1) is 22.5 Å². The fourth-order valence-electron chi connectivity index (χ4n) is 2.30. The van der Waals surface area contributed by atoms with Crippen LogP contribution in [0.15, 0.2) is 24.3 Å². The van der Waals surface area contributed by atoms with Gasteiger partial charge in [-0.05, 0) is 26.0 Å². The van der Waals surface area contributed by atoms with Crippen LogP contribution in [-0.4, -0.2) is 14.8 Å². The average Bonchev–Trinajstić information content (AvgIpc) is 2.91. The number of benzene rings is 1. The molecule has 0 aliphatic rings. The maximum atomic E-state index is 5.75. The highest BCUT2D eigenvalue weighted by Crippen LogP contribution is 2.23. The van der Waals surface area contributed by atoms with Crippen LogP contribution in [0.2, 0.25) is 0 Å². The molecule has 0 aliphatic heterocycles. The van der Waals surface area contributed by atoms with E-state index in [0.29, 0.717) is 13.1 Å². The Labute approximate surface area is 115 Å². The molecule has 0 unspecified atom stereocenters. The monoisotopic (exact) mass is 272 g/mol. The number of aromatic nitrogens is 3. The summed E-state index contributed by atoms with van der Waals surface area (Å²) >= 11 is 1.72. The molecule has 3 aromatic rings. The molecule has 3 rings (SSSR count). The molecule has 98 valence electrons. The van der Waals surface area contributed by atoms with Crippen molar-refractivity contribution >= 4 is 21.6 Å². The molecule has 4 nitrogen and oxygen atoms in total. The summed E-state index contributed by atoms with van der Waals surface area (Å²) in [5.41, 5.74) is 10.1. The fourth-order valence-corrected chi connectivity index (χ4v) is 3.25. The lowest BCUT2D eigenvalue weighted by Gasteiger charge is -2.01. The largest absolute Gasteiger partial charge is 0.326 e. The Bertz CT molecular complexity index is 693. The summed E-state index contributed by atoms with van der Waals surface area (Å²) in [5, 5.41) is 5.63. The molecule has 0 spiro atoms. The quantitative estimate of drug-likeness (QED) is 0.797. The number of nitrogens with two attached hydrogens (primary N) is 1. The Morgan fingerprint density at radius 3 is 2.74 bits per heavy atom. The highest BCUT2D eigenvalue weighted by atomic mass is 32.1. The molecule has 0 fully saturated rings. The summed E-state index contributed by atoms with van der Waals surface area (Å²) in [4.78, 5) is 4.64. The molecule has 0 saturated carbocycles.